The summed E-state index contributed by atoms with van der Waals surface area (Å²) < 4.78 is 10.8. The lowest BCUT2D eigenvalue weighted by atomic mass is 10.1. The number of nitrogens with zero attached hydrogens (tertiary/aromatic N) is 2. The van der Waals surface area contributed by atoms with Crippen LogP contribution in [0.15, 0.2) is 54.6 Å². The summed E-state index contributed by atoms with van der Waals surface area (Å²) in [7, 11) is 1.57. The molecule has 0 aliphatic heterocycles. The number of hydrogen-bond donors (Lipinski definition) is 2. The van der Waals surface area contributed by atoms with Crippen molar-refractivity contribution in [2.75, 3.05) is 18.2 Å². The summed E-state index contributed by atoms with van der Waals surface area (Å²) in [4.78, 5) is 16.8. The van der Waals surface area contributed by atoms with Gasteiger partial charge in [0, 0.05) is 12.8 Å². The minimum atomic E-state index is -0.356. The molecule has 0 radical (unpaired) electrons. The third-order valence-corrected chi connectivity index (χ3v) is 4.22. The van der Waals surface area contributed by atoms with Gasteiger partial charge < -0.3 is 20.5 Å². The molecule has 1 aromatic heterocycles. The molecule has 0 unspecified atom stereocenters. The summed E-state index contributed by atoms with van der Waals surface area (Å²) in [6, 6.07) is 17.6. The Morgan fingerprint density at radius 2 is 1.93 bits per heavy atom. The number of amides is 1. The molecule has 7 nitrogen and oxygen atoms in total. The molecule has 1 amide bonds. The van der Waals surface area contributed by atoms with Crippen molar-refractivity contribution in [3.8, 4) is 17.6 Å². The number of ether oxygens (including phenoxy) is 2. The molecule has 0 bridgehead atoms. The first-order valence-corrected chi connectivity index (χ1v) is 8.85. The van der Waals surface area contributed by atoms with Gasteiger partial charge in [-0.15, -0.1) is 0 Å². The molecule has 0 fully saturated rings. The van der Waals surface area contributed by atoms with Gasteiger partial charge in [-0.05, 0) is 55.0 Å². The van der Waals surface area contributed by atoms with E-state index in [0.717, 1.165) is 5.56 Å². The Balaban J connectivity index is 1.72. The summed E-state index contributed by atoms with van der Waals surface area (Å²) in [5.41, 5.74) is 8.78. The number of hydrogen-bond acceptors (Lipinski definition) is 6. The van der Waals surface area contributed by atoms with Crippen molar-refractivity contribution in [3.63, 3.8) is 0 Å². The second-order valence-electron chi connectivity index (χ2n) is 6.31. The minimum absolute atomic E-state index is 0.146. The number of nitrogen functional groups attached to an aromatic ring is 1. The second kappa shape index (κ2) is 8.87. The highest BCUT2D eigenvalue weighted by Gasteiger charge is 2.14. The molecular formula is C22H20N4O3. The van der Waals surface area contributed by atoms with Crippen LogP contribution >= 0.6 is 0 Å². The molecule has 29 heavy (non-hydrogen) atoms. The number of aromatic nitrogens is 1. The number of methoxy groups -OCH3 is 1. The summed E-state index contributed by atoms with van der Waals surface area (Å²) in [6.45, 7) is 2.18. The highest BCUT2D eigenvalue weighted by Crippen LogP contribution is 2.26. The van der Waals surface area contributed by atoms with Crippen molar-refractivity contribution >= 4 is 17.4 Å². The SMILES string of the molecule is COCc1nc(N)c(C(=O)Nc2ccc(Oc3ccccc3C#N)cc2)cc1C. The number of carbonyl (C=O) groups excluding carboxylic acids is 1. The van der Waals surface area contributed by atoms with E-state index in [4.69, 9.17) is 20.5 Å². The predicted octanol–water partition coefficient (Wildman–Crippen LogP) is 4.03. The highest BCUT2D eigenvalue weighted by molar-refractivity contribution is 6.07. The van der Waals surface area contributed by atoms with Crippen molar-refractivity contribution in [3.05, 3.63) is 77.0 Å². The molecule has 0 spiro atoms. The largest absolute Gasteiger partial charge is 0.456 e. The fourth-order valence-electron chi connectivity index (χ4n) is 2.71. The first-order chi connectivity index (χ1) is 14.0. The Morgan fingerprint density at radius 1 is 1.21 bits per heavy atom. The van der Waals surface area contributed by atoms with Gasteiger partial charge in [0.1, 0.15) is 23.4 Å². The minimum Gasteiger partial charge on any atom is -0.456 e. The molecule has 2 aromatic carbocycles. The van der Waals surface area contributed by atoms with Crippen molar-refractivity contribution in [2.45, 2.75) is 13.5 Å². The normalized spacial score (nSPS) is 10.2. The van der Waals surface area contributed by atoms with E-state index in [1.54, 1.807) is 61.7 Å². The zero-order chi connectivity index (χ0) is 20.8. The maximum absolute atomic E-state index is 12.6. The quantitative estimate of drug-likeness (QED) is 0.659. The summed E-state index contributed by atoms with van der Waals surface area (Å²) in [5, 5.41) is 11.9. The topological polar surface area (TPSA) is 110 Å². The van der Waals surface area contributed by atoms with Crippen LogP contribution in [-0.2, 0) is 11.3 Å². The molecule has 3 N–H and O–H groups in total. The second-order valence-corrected chi connectivity index (χ2v) is 6.31. The van der Waals surface area contributed by atoms with Crippen LogP contribution in [0, 0.1) is 18.3 Å². The number of nitrogens with two attached hydrogens (primary N) is 1. The Kier molecular flexibility index (Phi) is 6.07. The number of aryl methyl sites for hydroxylation is 1. The number of rotatable bonds is 6. The zero-order valence-corrected chi connectivity index (χ0v) is 16.1. The van der Waals surface area contributed by atoms with E-state index in [1.807, 2.05) is 6.92 Å². The summed E-state index contributed by atoms with van der Waals surface area (Å²) >= 11 is 0. The molecule has 1 heterocycles. The molecule has 0 atom stereocenters. The fourth-order valence-corrected chi connectivity index (χ4v) is 2.71. The maximum Gasteiger partial charge on any atom is 0.259 e. The van der Waals surface area contributed by atoms with Gasteiger partial charge in [-0.2, -0.15) is 5.26 Å². The number of nitriles is 1. The number of benzene rings is 2. The van der Waals surface area contributed by atoms with Crippen LogP contribution in [0.2, 0.25) is 0 Å². The smallest absolute Gasteiger partial charge is 0.259 e. The molecule has 0 aliphatic rings. The molecule has 0 saturated carbocycles. The molecule has 3 aromatic rings. The molecule has 3 rings (SSSR count). The van der Waals surface area contributed by atoms with Crippen LogP contribution in [0.4, 0.5) is 11.5 Å². The number of pyridine rings is 1. The Morgan fingerprint density at radius 3 is 2.62 bits per heavy atom. The highest BCUT2D eigenvalue weighted by atomic mass is 16.5. The van der Waals surface area contributed by atoms with Crippen LogP contribution in [0.1, 0.15) is 27.2 Å². The van der Waals surface area contributed by atoms with Crippen LogP contribution in [-0.4, -0.2) is 18.0 Å². The third kappa shape index (κ3) is 4.69. The van der Waals surface area contributed by atoms with Crippen molar-refractivity contribution < 1.29 is 14.3 Å². The number of para-hydroxylation sites is 1. The van der Waals surface area contributed by atoms with Gasteiger partial charge in [-0.1, -0.05) is 12.1 Å². The number of carbonyl (C=O) groups is 1. The monoisotopic (exact) mass is 388 g/mol. The van der Waals surface area contributed by atoms with Crippen LogP contribution < -0.4 is 15.8 Å². The van der Waals surface area contributed by atoms with Crippen LogP contribution in [0.5, 0.6) is 11.5 Å². The first-order valence-electron chi connectivity index (χ1n) is 8.85. The van der Waals surface area contributed by atoms with Gasteiger partial charge in [0.25, 0.3) is 5.91 Å². The van der Waals surface area contributed by atoms with Crippen LogP contribution in [0.3, 0.4) is 0 Å². The predicted molar refractivity (Wildman–Crippen MR) is 110 cm³/mol. The molecule has 146 valence electrons. The van der Waals surface area contributed by atoms with E-state index in [2.05, 4.69) is 16.4 Å². The van der Waals surface area contributed by atoms with Gasteiger partial charge in [-0.25, -0.2) is 4.98 Å². The maximum atomic E-state index is 12.6. The Labute approximate surface area is 168 Å². The van der Waals surface area contributed by atoms with E-state index in [1.165, 1.54) is 0 Å². The Hall–Kier alpha value is -3.89. The van der Waals surface area contributed by atoms with Crippen molar-refractivity contribution in [1.82, 2.24) is 4.98 Å². The standard InChI is InChI=1S/C22H20N4O3/c1-14-11-18(21(24)26-19(14)13-28-2)22(27)25-16-7-9-17(10-8-16)29-20-6-4-3-5-15(20)12-23/h3-11H,13H2,1-2H3,(H2,24,26)(H,25,27). The molecule has 0 saturated heterocycles. The lowest BCUT2D eigenvalue weighted by Gasteiger charge is -2.12. The third-order valence-electron chi connectivity index (χ3n) is 4.22. The lowest BCUT2D eigenvalue weighted by molar-refractivity contribution is 0.102. The van der Waals surface area contributed by atoms with E-state index in [9.17, 15) is 4.79 Å². The van der Waals surface area contributed by atoms with Crippen molar-refractivity contribution in [2.24, 2.45) is 0 Å². The molecular weight excluding hydrogens is 368 g/mol. The van der Waals surface area contributed by atoms with E-state index >= 15 is 0 Å². The van der Waals surface area contributed by atoms with Gasteiger partial charge in [-0.3, -0.25) is 4.79 Å². The molecule has 0 aliphatic carbocycles. The zero-order valence-electron chi connectivity index (χ0n) is 16.1. The van der Waals surface area contributed by atoms with E-state index < -0.39 is 0 Å². The van der Waals surface area contributed by atoms with Gasteiger partial charge in [0.2, 0.25) is 0 Å². The lowest BCUT2D eigenvalue weighted by Crippen LogP contribution is -2.16. The summed E-state index contributed by atoms with van der Waals surface area (Å²) in [6.07, 6.45) is 0. The molecule has 7 heteroatoms. The van der Waals surface area contributed by atoms with Gasteiger partial charge >= 0.3 is 0 Å². The van der Waals surface area contributed by atoms with E-state index in [0.29, 0.717) is 40.6 Å². The Bertz CT molecular complexity index is 1070. The van der Waals surface area contributed by atoms with Gasteiger partial charge in [0.15, 0.2) is 0 Å². The summed E-state index contributed by atoms with van der Waals surface area (Å²) in [5.74, 6) is 0.808. The van der Waals surface area contributed by atoms with Crippen LogP contribution in [0.25, 0.3) is 0 Å². The van der Waals surface area contributed by atoms with Crippen molar-refractivity contribution in [1.29, 1.82) is 5.26 Å². The average molecular weight is 388 g/mol. The number of nitrogens with one attached hydrogen (secondary N) is 1. The van der Waals surface area contributed by atoms with Gasteiger partial charge in [0.05, 0.1) is 23.4 Å². The number of anilines is 2. The first kappa shape index (κ1) is 19.9. The fraction of sp³-hybridized carbons (Fsp3) is 0.136. The average Bonchev–Trinajstić information content (AvgIpc) is 2.72. The van der Waals surface area contributed by atoms with E-state index in [-0.39, 0.29) is 11.7 Å².